The second-order valence-corrected chi connectivity index (χ2v) is 10.8. The summed E-state index contributed by atoms with van der Waals surface area (Å²) < 4.78 is 54.2. The zero-order valence-corrected chi connectivity index (χ0v) is 25.1. The molecule has 0 bridgehead atoms. The first-order valence-corrected chi connectivity index (χ1v) is 15.1. The molecule has 1 amide bonds. The average molecular weight is 648 g/mol. The maximum atomic E-state index is 13.9. The molecule has 240 valence electrons. The summed E-state index contributed by atoms with van der Waals surface area (Å²) in [7, 11) is -3.03. The summed E-state index contributed by atoms with van der Waals surface area (Å²) in [5, 5.41) is 12.9. The maximum absolute atomic E-state index is 13.9. The van der Waals surface area contributed by atoms with Crippen molar-refractivity contribution in [3.8, 4) is 11.5 Å². The Morgan fingerprint density at radius 3 is 2.73 bits per heavy atom. The van der Waals surface area contributed by atoms with Gasteiger partial charge in [-0.15, -0.1) is 6.58 Å². The number of aromatic nitrogens is 4. The summed E-state index contributed by atoms with van der Waals surface area (Å²) in [5.74, 6) is -1.12. The van der Waals surface area contributed by atoms with E-state index in [1.54, 1.807) is 24.3 Å². The minimum Gasteiger partial charge on any atom is -0.493 e. The van der Waals surface area contributed by atoms with Crippen LogP contribution in [0.15, 0.2) is 55.4 Å². The highest BCUT2D eigenvalue weighted by molar-refractivity contribution is 7.46. The molecular weight excluding hydrogens is 615 g/mol. The molecule has 45 heavy (non-hydrogen) atoms. The molecule has 0 aliphatic heterocycles. The highest BCUT2D eigenvalue weighted by Gasteiger charge is 2.16. The molecule has 0 radical (unpaired) electrons. The number of amides is 1. The highest BCUT2D eigenvalue weighted by Crippen LogP contribution is 2.36. The van der Waals surface area contributed by atoms with Crippen LogP contribution in [0, 0.1) is 11.6 Å². The van der Waals surface area contributed by atoms with E-state index in [0.29, 0.717) is 72.4 Å². The van der Waals surface area contributed by atoms with Crippen molar-refractivity contribution in [2.45, 2.75) is 12.8 Å². The normalized spacial score (nSPS) is 11.5. The van der Waals surface area contributed by atoms with Gasteiger partial charge in [-0.1, -0.05) is 12.1 Å². The first-order valence-electron chi connectivity index (χ1n) is 13.6. The summed E-state index contributed by atoms with van der Waals surface area (Å²) in [6, 6.07) is 8.52. The van der Waals surface area contributed by atoms with Gasteiger partial charge in [0.1, 0.15) is 12.1 Å². The van der Waals surface area contributed by atoms with Crippen LogP contribution < -0.4 is 20.1 Å². The lowest BCUT2D eigenvalue weighted by atomic mass is 10.2. The lowest BCUT2D eigenvalue weighted by molar-refractivity contribution is -0.115. The van der Waals surface area contributed by atoms with Crippen molar-refractivity contribution >= 4 is 42.0 Å². The smallest absolute Gasteiger partial charge is 0.469 e. The number of H-pyrrole nitrogens is 1. The van der Waals surface area contributed by atoms with Crippen molar-refractivity contribution in [1.29, 1.82) is 0 Å². The van der Waals surface area contributed by atoms with Gasteiger partial charge in [0.2, 0.25) is 5.91 Å². The van der Waals surface area contributed by atoms with Crippen molar-refractivity contribution in [2.24, 2.45) is 0 Å². The Morgan fingerprint density at radius 2 is 1.98 bits per heavy atom. The zero-order valence-electron chi connectivity index (χ0n) is 24.2. The Bertz CT molecular complexity index is 1680. The third-order valence-electron chi connectivity index (χ3n) is 6.31. The number of hydrogen-bond donors (Lipinski definition) is 5. The van der Waals surface area contributed by atoms with Gasteiger partial charge in [-0.05, 0) is 24.6 Å². The molecule has 0 fully saturated rings. The number of phosphoric ester groups is 1. The van der Waals surface area contributed by atoms with Crippen molar-refractivity contribution in [3.63, 3.8) is 0 Å². The topological polar surface area (TPSA) is 184 Å². The number of nitrogens with zero attached hydrogens (tertiary/aromatic N) is 4. The van der Waals surface area contributed by atoms with Gasteiger partial charge in [0.05, 0.1) is 37.9 Å². The molecule has 14 nitrogen and oxygen atoms in total. The molecule has 0 atom stereocenters. The molecule has 0 aliphatic rings. The SMILES string of the molecule is C=CCN(CCCOc1cc2ncnc(Nc3cc(CC(=O)Nc4cccc(F)c4F)[nH]n3)c2cc1OC)CCOP(=O)(O)O. The van der Waals surface area contributed by atoms with Crippen LogP contribution in [0.3, 0.4) is 0 Å². The number of carbonyl (C=O) groups excluding carboxylic acids is 1. The fourth-order valence-electron chi connectivity index (χ4n) is 4.28. The Labute approximate surface area is 256 Å². The number of aromatic amines is 1. The minimum atomic E-state index is -4.53. The number of nitrogens with one attached hydrogen (secondary N) is 3. The van der Waals surface area contributed by atoms with Gasteiger partial charge < -0.3 is 29.9 Å². The molecule has 0 saturated carbocycles. The van der Waals surface area contributed by atoms with E-state index >= 15 is 0 Å². The maximum Gasteiger partial charge on any atom is 0.469 e. The van der Waals surface area contributed by atoms with E-state index in [1.807, 2.05) is 4.90 Å². The second kappa shape index (κ2) is 15.5. The second-order valence-electron chi connectivity index (χ2n) is 9.59. The molecule has 2 aromatic carbocycles. The fourth-order valence-corrected chi connectivity index (χ4v) is 4.60. The molecule has 4 rings (SSSR count). The quantitative estimate of drug-likeness (QED) is 0.0633. The lowest BCUT2D eigenvalue weighted by Crippen LogP contribution is -2.29. The van der Waals surface area contributed by atoms with E-state index in [0.717, 1.165) is 6.07 Å². The van der Waals surface area contributed by atoms with Gasteiger partial charge in [0, 0.05) is 42.8 Å². The van der Waals surface area contributed by atoms with Crippen LogP contribution in [0.5, 0.6) is 11.5 Å². The minimum absolute atomic E-state index is 0.125. The van der Waals surface area contributed by atoms with Crippen LogP contribution in [0.4, 0.5) is 26.1 Å². The molecule has 2 aromatic heterocycles. The predicted octanol–water partition coefficient (Wildman–Crippen LogP) is 3.93. The monoisotopic (exact) mass is 647 g/mol. The van der Waals surface area contributed by atoms with Crippen LogP contribution in [0.25, 0.3) is 10.9 Å². The molecular formula is C28H32F2N7O7P. The number of ether oxygens (including phenoxy) is 2. The molecule has 0 spiro atoms. The van der Waals surface area contributed by atoms with Crippen molar-refractivity contribution in [3.05, 3.63) is 72.7 Å². The summed E-state index contributed by atoms with van der Waals surface area (Å²) >= 11 is 0. The number of carbonyl (C=O) groups is 1. The van der Waals surface area contributed by atoms with Gasteiger partial charge in [0.25, 0.3) is 0 Å². The lowest BCUT2D eigenvalue weighted by Gasteiger charge is -2.21. The number of anilines is 3. The number of methoxy groups -OCH3 is 1. The molecule has 2 heterocycles. The Kier molecular flexibility index (Phi) is 11.5. The number of hydrogen-bond acceptors (Lipinski definition) is 10. The van der Waals surface area contributed by atoms with Crippen LogP contribution in [0.1, 0.15) is 12.1 Å². The molecule has 17 heteroatoms. The average Bonchev–Trinajstić information content (AvgIpc) is 3.43. The van der Waals surface area contributed by atoms with Gasteiger partial charge in [-0.3, -0.25) is 19.3 Å². The van der Waals surface area contributed by atoms with E-state index < -0.39 is 25.4 Å². The molecule has 0 unspecified atom stereocenters. The standard InChI is InChI=1S/C28H32F2N7O7P/c1-3-8-37(10-12-44-45(39,40)41)9-5-11-43-24-16-22-19(15-23(24)42-2)28(32-17-31-22)34-25-13-18(35-36-25)14-26(38)33-21-7-4-6-20(29)27(21)30/h3-4,6-7,13,15-17H,1,5,8-12,14H2,2H3,(H,33,38)(H2,39,40,41)(H2,31,32,34,35,36). The van der Waals surface area contributed by atoms with Gasteiger partial charge in [-0.2, -0.15) is 5.10 Å². The summed E-state index contributed by atoms with van der Waals surface area (Å²) in [6.07, 6.45) is 3.48. The van der Waals surface area contributed by atoms with E-state index in [9.17, 15) is 18.1 Å². The number of benzene rings is 2. The van der Waals surface area contributed by atoms with Crippen LogP contribution in [-0.2, 0) is 20.3 Å². The summed E-state index contributed by atoms with van der Waals surface area (Å²) in [4.78, 5) is 40.7. The van der Waals surface area contributed by atoms with E-state index in [1.165, 1.54) is 25.6 Å². The number of phosphoric acid groups is 1. The van der Waals surface area contributed by atoms with E-state index in [4.69, 9.17) is 19.3 Å². The van der Waals surface area contributed by atoms with Crippen molar-refractivity contribution in [2.75, 3.05) is 50.6 Å². The van der Waals surface area contributed by atoms with Crippen molar-refractivity contribution in [1.82, 2.24) is 25.1 Å². The van der Waals surface area contributed by atoms with Gasteiger partial charge >= 0.3 is 7.82 Å². The molecule has 4 aromatic rings. The Hall–Kier alpha value is -4.47. The zero-order chi connectivity index (χ0) is 32.4. The van der Waals surface area contributed by atoms with E-state index in [2.05, 4.69) is 41.9 Å². The van der Waals surface area contributed by atoms with Crippen LogP contribution in [-0.4, -0.2) is 80.7 Å². The predicted molar refractivity (Wildman–Crippen MR) is 161 cm³/mol. The Morgan fingerprint density at radius 1 is 1.16 bits per heavy atom. The third kappa shape index (κ3) is 9.76. The van der Waals surface area contributed by atoms with Gasteiger partial charge in [0.15, 0.2) is 29.0 Å². The fraction of sp³-hybridized carbons (Fsp3) is 0.286. The largest absolute Gasteiger partial charge is 0.493 e. The molecule has 5 N–H and O–H groups in total. The Balaban J connectivity index is 1.37. The molecule has 0 saturated heterocycles. The number of rotatable bonds is 17. The first kappa shape index (κ1) is 33.4. The van der Waals surface area contributed by atoms with Crippen molar-refractivity contribution < 1.29 is 41.9 Å². The summed E-state index contributed by atoms with van der Waals surface area (Å²) in [5.41, 5.74) is 0.710. The third-order valence-corrected chi connectivity index (χ3v) is 6.82. The van der Waals surface area contributed by atoms with Crippen LogP contribution >= 0.6 is 7.82 Å². The molecule has 0 aliphatic carbocycles. The highest BCUT2D eigenvalue weighted by atomic mass is 31.2. The first-order chi connectivity index (χ1) is 21.6. The summed E-state index contributed by atoms with van der Waals surface area (Å²) in [6.45, 7) is 5.29. The number of fused-ring (bicyclic) bond motifs is 1. The van der Waals surface area contributed by atoms with Gasteiger partial charge in [-0.25, -0.2) is 23.3 Å². The van der Waals surface area contributed by atoms with E-state index in [-0.39, 0.29) is 18.7 Å². The van der Waals surface area contributed by atoms with Crippen LogP contribution in [0.2, 0.25) is 0 Å². The number of halogens is 2.